The zero-order chi connectivity index (χ0) is 11.2. The van der Waals surface area contributed by atoms with Gasteiger partial charge < -0.3 is 5.11 Å². The molecule has 0 fully saturated rings. The molecule has 0 aromatic heterocycles. The second-order valence-corrected chi connectivity index (χ2v) is 4.38. The molecule has 0 saturated carbocycles. The summed E-state index contributed by atoms with van der Waals surface area (Å²) in [7, 11) is 0. The van der Waals surface area contributed by atoms with Gasteiger partial charge in [0, 0.05) is 10.6 Å². The number of Topliss-reactive ketones (excluding diaryl/α,β-unsaturated/α-hetero) is 1. The molecule has 3 nitrogen and oxygen atoms in total. The van der Waals surface area contributed by atoms with Crippen LogP contribution in [0, 0.1) is 5.41 Å². The van der Waals surface area contributed by atoms with Crippen LogP contribution in [-0.2, 0) is 11.2 Å². The Labute approximate surface area is 91.7 Å². The molecule has 1 aliphatic rings. The molecule has 1 unspecified atom stereocenters. The molecule has 1 atom stereocenters. The molecule has 1 aromatic carbocycles. The number of hydrogen-bond donors (Lipinski definition) is 1. The van der Waals surface area contributed by atoms with Crippen molar-refractivity contribution in [3.8, 4) is 0 Å². The lowest BCUT2D eigenvalue weighted by Gasteiger charge is -2.14. The van der Waals surface area contributed by atoms with Crippen LogP contribution in [0.25, 0.3) is 0 Å². The fourth-order valence-electron chi connectivity index (χ4n) is 1.86. The maximum atomic E-state index is 11.8. The lowest BCUT2D eigenvalue weighted by molar-refractivity contribution is -0.144. The number of ketones is 1. The van der Waals surface area contributed by atoms with Crippen molar-refractivity contribution in [2.24, 2.45) is 5.41 Å². The fraction of sp³-hybridized carbons (Fsp3) is 0.273. The van der Waals surface area contributed by atoms with E-state index in [9.17, 15) is 9.59 Å². The first kappa shape index (κ1) is 10.2. The molecule has 0 amide bonds. The highest BCUT2D eigenvalue weighted by molar-refractivity contribution is 6.31. The number of benzene rings is 1. The number of carbonyl (C=O) groups is 2. The summed E-state index contributed by atoms with van der Waals surface area (Å²) in [6, 6.07) is 4.85. The Morgan fingerprint density at radius 2 is 2.20 bits per heavy atom. The van der Waals surface area contributed by atoms with E-state index in [-0.39, 0.29) is 12.2 Å². The number of rotatable bonds is 1. The van der Waals surface area contributed by atoms with E-state index in [1.807, 2.05) is 0 Å². The molecule has 0 spiro atoms. The Morgan fingerprint density at radius 3 is 2.80 bits per heavy atom. The van der Waals surface area contributed by atoms with Crippen molar-refractivity contribution in [1.82, 2.24) is 0 Å². The molecule has 0 heterocycles. The van der Waals surface area contributed by atoms with Crippen molar-refractivity contribution in [2.75, 3.05) is 0 Å². The first-order chi connectivity index (χ1) is 6.95. The molecule has 78 valence electrons. The molecule has 1 N–H and O–H groups in total. The largest absolute Gasteiger partial charge is 0.480 e. The van der Waals surface area contributed by atoms with Crippen molar-refractivity contribution in [2.45, 2.75) is 13.3 Å². The summed E-state index contributed by atoms with van der Waals surface area (Å²) in [5.74, 6) is -1.42. The van der Waals surface area contributed by atoms with E-state index in [1.54, 1.807) is 18.2 Å². The smallest absolute Gasteiger partial charge is 0.317 e. The van der Waals surface area contributed by atoms with E-state index >= 15 is 0 Å². The maximum absolute atomic E-state index is 11.8. The number of halogens is 1. The molecule has 0 bridgehead atoms. The van der Waals surface area contributed by atoms with E-state index in [0.717, 1.165) is 5.56 Å². The van der Waals surface area contributed by atoms with Crippen molar-refractivity contribution in [3.63, 3.8) is 0 Å². The predicted octanol–water partition coefficient (Wildman–Crippen LogP) is 2.17. The minimum atomic E-state index is -1.33. The average molecular weight is 225 g/mol. The van der Waals surface area contributed by atoms with Crippen LogP contribution in [-0.4, -0.2) is 16.9 Å². The van der Waals surface area contributed by atoms with Crippen molar-refractivity contribution < 1.29 is 14.7 Å². The van der Waals surface area contributed by atoms with Crippen molar-refractivity contribution in [3.05, 3.63) is 34.3 Å². The van der Waals surface area contributed by atoms with Gasteiger partial charge in [0.25, 0.3) is 0 Å². The summed E-state index contributed by atoms with van der Waals surface area (Å²) in [6.45, 7) is 1.45. The zero-order valence-electron chi connectivity index (χ0n) is 8.08. The van der Waals surface area contributed by atoms with Gasteiger partial charge in [-0.05, 0) is 37.1 Å². The van der Waals surface area contributed by atoms with Gasteiger partial charge in [0.05, 0.1) is 0 Å². The van der Waals surface area contributed by atoms with E-state index in [2.05, 4.69) is 0 Å². The maximum Gasteiger partial charge on any atom is 0.317 e. The SMILES string of the molecule is CC1(C(=O)O)Cc2cc(Cl)ccc2C1=O. The van der Waals surface area contributed by atoms with Gasteiger partial charge in [-0.15, -0.1) is 0 Å². The second kappa shape index (κ2) is 3.07. The highest BCUT2D eigenvalue weighted by Crippen LogP contribution is 2.37. The number of hydrogen-bond acceptors (Lipinski definition) is 2. The van der Waals surface area contributed by atoms with Crippen LogP contribution < -0.4 is 0 Å². The summed E-state index contributed by atoms with van der Waals surface area (Å²) in [4.78, 5) is 22.9. The fourth-order valence-corrected chi connectivity index (χ4v) is 2.06. The highest BCUT2D eigenvalue weighted by Gasteiger charge is 2.47. The molecule has 4 heteroatoms. The second-order valence-electron chi connectivity index (χ2n) is 3.94. The molecule has 0 aliphatic heterocycles. The van der Waals surface area contributed by atoms with E-state index in [1.165, 1.54) is 6.92 Å². The molecule has 1 aromatic rings. The molecule has 1 aliphatic carbocycles. The summed E-state index contributed by atoms with van der Waals surface area (Å²) >= 11 is 5.79. The number of carboxylic acid groups (broad SMARTS) is 1. The zero-order valence-corrected chi connectivity index (χ0v) is 8.84. The standard InChI is InChI=1S/C11H9ClO3/c1-11(10(14)15)5-6-4-7(12)2-3-8(6)9(11)13/h2-4H,5H2,1H3,(H,14,15). The van der Waals surface area contributed by atoms with Gasteiger partial charge in [0.15, 0.2) is 5.78 Å². The van der Waals surface area contributed by atoms with Crippen LogP contribution >= 0.6 is 11.6 Å². The molecule has 15 heavy (non-hydrogen) atoms. The summed E-state index contributed by atoms with van der Waals surface area (Å²) in [5.41, 5.74) is -0.130. The van der Waals surface area contributed by atoms with E-state index in [0.29, 0.717) is 10.6 Å². The van der Waals surface area contributed by atoms with Crippen LogP contribution in [0.15, 0.2) is 18.2 Å². The predicted molar refractivity (Wildman–Crippen MR) is 55.2 cm³/mol. The first-order valence-corrected chi connectivity index (χ1v) is 4.89. The monoisotopic (exact) mass is 224 g/mol. The minimum Gasteiger partial charge on any atom is -0.480 e. The Bertz CT molecular complexity index is 467. The number of carboxylic acids is 1. The van der Waals surface area contributed by atoms with Gasteiger partial charge in [0.1, 0.15) is 5.41 Å². The van der Waals surface area contributed by atoms with E-state index in [4.69, 9.17) is 16.7 Å². The normalized spacial score (nSPS) is 24.0. The minimum absolute atomic E-state index is 0.219. The van der Waals surface area contributed by atoms with Crippen LogP contribution in [0.5, 0.6) is 0 Å². The van der Waals surface area contributed by atoms with Gasteiger partial charge >= 0.3 is 5.97 Å². The van der Waals surface area contributed by atoms with Gasteiger partial charge in [0.2, 0.25) is 0 Å². The van der Waals surface area contributed by atoms with Crippen LogP contribution in [0.2, 0.25) is 5.02 Å². The van der Waals surface area contributed by atoms with Gasteiger partial charge in [-0.1, -0.05) is 11.6 Å². The topological polar surface area (TPSA) is 54.4 Å². The van der Waals surface area contributed by atoms with E-state index < -0.39 is 11.4 Å². The lowest BCUT2D eigenvalue weighted by Crippen LogP contribution is -2.33. The average Bonchev–Trinajstić information content (AvgIpc) is 2.40. The van der Waals surface area contributed by atoms with Gasteiger partial charge in [-0.25, -0.2) is 0 Å². The molecular formula is C11H9ClO3. The molecule has 0 radical (unpaired) electrons. The Balaban J connectivity index is 2.55. The van der Waals surface area contributed by atoms with Gasteiger partial charge in [-0.2, -0.15) is 0 Å². The summed E-state index contributed by atoms with van der Waals surface area (Å²) in [5, 5.41) is 9.55. The highest BCUT2D eigenvalue weighted by atomic mass is 35.5. The van der Waals surface area contributed by atoms with Crippen molar-refractivity contribution >= 4 is 23.4 Å². The van der Waals surface area contributed by atoms with Crippen LogP contribution in [0.4, 0.5) is 0 Å². The quantitative estimate of drug-likeness (QED) is 0.744. The Kier molecular flexibility index (Phi) is 2.08. The van der Waals surface area contributed by atoms with Crippen LogP contribution in [0.3, 0.4) is 0 Å². The summed E-state index contributed by atoms with van der Waals surface area (Å²) in [6.07, 6.45) is 0.219. The molecule has 2 rings (SSSR count). The Morgan fingerprint density at radius 1 is 1.53 bits per heavy atom. The third-order valence-electron chi connectivity index (χ3n) is 2.83. The molecule has 0 saturated heterocycles. The van der Waals surface area contributed by atoms with Gasteiger partial charge in [-0.3, -0.25) is 9.59 Å². The molecular weight excluding hydrogens is 216 g/mol. The third-order valence-corrected chi connectivity index (χ3v) is 3.06. The van der Waals surface area contributed by atoms with Crippen molar-refractivity contribution in [1.29, 1.82) is 0 Å². The first-order valence-electron chi connectivity index (χ1n) is 4.52. The number of carbonyl (C=O) groups excluding carboxylic acids is 1. The Hall–Kier alpha value is -1.35. The summed E-state index contributed by atoms with van der Waals surface area (Å²) < 4.78 is 0. The number of aliphatic carboxylic acids is 1. The lowest BCUT2D eigenvalue weighted by atomic mass is 9.86. The van der Waals surface area contributed by atoms with Crippen LogP contribution in [0.1, 0.15) is 22.8 Å². The third kappa shape index (κ3) is 1.35. The number of fused-ring (bicyclic) bond motifs is 1.